The highest BCUT2D eigenvalue weighted by atomic mass is 79.9. The van der Waals surface area contributed by atoms with Gasteiger partial charge in [-0.25, -0.2) is 9.78 Å². The van der Waals surface area contributed by atoms with Gasteiger partial charge in [-0.05, 0) is 37.8 Å². The quantitative estimate of drug-likeness (QED) is 0.766. The largest absolute Gasteiger partial charge is 0.480 e. The molecule has 126 valence electrons. The SMILES string of the molecule is CC(NC(=O)Cc1csc(-c2cccc(Br)c2)n1)(C(=O)O)C1CC1. The summed E-state index contributed by atoms with van der Waals surface area (Å²) >= 11 is 4.90. The Labute approximate surface area is 152 Å². The second-order valence-electron chi connectivity index (χ2n) is 6.16. The van der Waals surface area contributed by atoms with Crippen molar-refractivity contribution in [2.45, 2.75) is 31.7 Å². The second-order valence-corrected chi connectivity index (χ2v) is 7.93. The fraction of sp³-hybridized carbons (Fsp3) is 0.353. The molecular formula is C17H17BrN2O3S. The highest BCUT2D eigenvalue weighted by Crippen LogP contribution is 2.39. The van der Waals surface area contributed by atoms with Crippen molar-refractivity contribution in [3.8, 4) is 10.6 Å². The molecule has 3 rings (SSSR count). The van der Waals surface area contributed by atoms with Crippen molar-refractivity contribution >= 4 is 39.1 Å². The van der Waals surface area contributed by atoms with Crippen molar-refractivity contribution < 1.29 is 14.7 Å². The first-order chi connectivity index (χ1) is 11.4. The van der Waals surface area contributed by atoms with Crippen molar-refractivity contribution in [1.29, 1.82) is 0 Å². The summed E-state index contributed by atoms with van der Waals surface area (Å²) in [5.74, 6) is -1.27. The second kappa shape index (κ2) is 6.64. The summed E-state index contributed by atoms with van der Waals surface area (Å²) in [7, 11) is 0. The van der Waals surface area contributed by atoms with Gasteiger partial charge in [0.05, 0.1) is 12.1 Å². The lowest BCUT2D eigenvalue weighted by atomic mass is 9.95. The predicted molar refractivity (Wildman–Crippen MR) is 95.9 cm³/mol. The van der Waals surface area contributed by atoms with Gasteiger partial charge in [0.25, 0.3) is 0 Å². The van der Waals surface area contributed by atoms with Crippen LogP contribution in [0, 0.1) is 5.92 Å². The van der Waals surface area contributed by atoms with E-state index in [1.165, 1.54) is 11.3 Å². The predicted octanol–water partition coefficient (Wildman–Crippen LogP) is 3.48. The number of carboxylic acid groups (broad SMARTS) is 1. The molecule has 1 unspecified atom stereocenters. The summed E-state index contributed by atoms with van der Waals surface area (Å²) in [6, 6.07) is 7.80. The van der Waals surface area contributed by atoms with Crippen LogP contribution in [-0.4, -0.2) is 27.5 Å². The molecule has 0 spiro atoms. The number of carboxylic acids is 1. The van der Waals surface area contributed by atoms with E-state index in [1.807, 2.05) is 29.6 Å². The van der Waals surface area contributed by atoms with E-state index in [1.54, 1.807) is 6.92 Å². The zero-order chi connectivity index (χ0) is 17.3. The van der Waals surface area contributed by atoms with Crippen LogP contribution in [0.2, 0.25) is 0 Å². The van der Waals surface area contributed by atoms with Gasteiger partial charge in [0.15, 0.2) is 0 Å². The zero-order valence-corrected chi connectivity index (χ0v) is 15.5. The van der Waals surface area contributed by atoms with Gasteiger partial charge in [-0.2, -0.15) is 0 Å². The maximum absolute atomic E-state index is 12.2. The molecule has 2 N–H and O–H groups in total. The van der Waals surface area contributed by atoms with E-state index in [0.717, 1.165) is 27.9 Å². The molecule has 1 aromatic heterocycles. The molecule has 0 saturated heterocycles. The molecule has 1 amide bonds. The maximum atomic E-state index is 12.2. The van der Waals surface area contributed by atoms with Gasteiger partial charge in [-0.15, -0.1) is 11.3 Å². The van der Waals surface area contributed by atoms with Gasteiger partial charge in [0.1, 0.15) is 10.5 Å². The molecule has 1 aliphatic rings. The average molecular weight is 409 g/mol. The molecule has 2 aromatic rings. The minimum absolute atomic E-state index is 0.0200. The van der Waals surface area contributed by atoms with E-state index in [-0.39, 0.29) is 18.2 Å². The minimum atomic E-state index is -1.18. The molecule has 1 fully saturated rings. The normalized spacial score (nSPS) is 16.4. The summed E-state index contributed by atoms with van der Waals surface area (Å²) in [6.45, 7) is 1.58. The Balaban J connectivity index is 1.68. The molecule has 1 aliphatic carbocycles. The minimum Gasteiger partial charge on any atom is -0.480 e. The Morgan fingerprint density at radius 2 is 2.21 bits per heavy atom. The number of carbonyl (C=O) groups excluding carboxylic acids is 1. The van der Waals surface area contributed by atoms with E-state index < -0.39 is 11.5 Å². The molecule has 1 heterocycles. The molecule has 24 heavy (non-hydrogen) atoms. The van der Waals surface area contributed by atoms with Crippen LogP contribution < -0.4 is 5.32 Å². The van der Waals surface area contributed by atoms with Crippen molar-refractivity contribution in [3.63, 3.8) is 0 Å². The van der Waals surface area contributed by atoms with Gasteiger partial charge >= 0.3 is 5.97 Å². The van der Waals surface area contributed by atoms with Crippen molar-refractivity contribution in [2.24, 2.45) is 5.92 Å². The summed E-state index contributed by atoms with van der Waals surface area (Å²) in [5.41, 5.74) is 0.450. The number of nitrogens with one attached hydrogen (secondary N) is 1. The average Bonchev–Trinajstić information content (AvgIpc) is 3.28. The molecule has 0 bridgehead atoms. The van der Waals surface area contributed by atoms with Crippen molar-refractivity contribution in [2.75, 3.05) is 0 Å². The lowest BCUT2D eigenvalue weighted by Crippen LogP contribution is -2.54. The number of hydrogen-bond donors (Lipinski definition) is 2. The Kier molecular flexibility index (Phi) is 4.73. The van der Waals surface area contributed by atoms with E-state index in [9.17, 15) is 14.7 Å². The number of nitrogens with zero attached hydrogens (tertiary/aromatic N) is 1. The third-order valence-electron chi connectivity index (χ3n) is 4.20. The van der Waals surface area contributed by atoms with Crippen LogP contribution >= 0.6 is 27.3 Å². The zero-order valence-electron chi connectivity index (χ0n) is 13.1. The van der Waals surface area contributed by atoms with Gasteiger partial charge < -0.3 is 10.4 Å². The topological polar surface area (TPSA) is 79.3 Å². The lowest BCUT2D eigenvalue weighted by molar-refractivity contribution is -0.147. The Bertz CT molecular complexity index is 788. The molecule has 5 nitrogen and oxygen atoms in total. The van der Waals surface area contributed by atoms with E-state index in [0.29, 0.717) is 5.69 Å². The number of halogens is 1. The lowest BCUT2D eigenvalue weighted by Gasteiger charge is -2.25. The standard InChI is InChI=1S/C17H17BrN2O3S/c1-17(16(22)23,11-5-6-11)20-14(21)8-13-9-24-15(19-13)10-3-2-4-12(18)7-10/h2-4,7,9,11H,5-6,8H2,1H3,(H,20,21)(H,22,23). The first kappa shape index (κ1) is 17.1. The number of rotatable bonds is 6. The van der Waals surface area contributed by atoms with E-state index in [2.05, 4.69) is 26.2 Å². The molecule has 1 aromatic carbocycles. The summed E-state index contributed by atoms with van der Waals surface area (Å²) in [4.78, 5) is 28.2. The third kappa shape index (κ3) is 3.67. The molecule has 1 atom stereocenters. The van der Waals surface area contributed by atoms with Gasteiger partial charge in [-0.1, -0.05) is 28.1 Å². The third-order valence-corrected chi connectivity index (χ3v) is 5.64. The number of benzene rings is 1. The van der Waals surface area contributed by atoms with Crippen molar-refractivity contribution in [1.82, 2.24) is 10.3 Å². The van der Waals surface area contributed by atoms with Gasteiger partial charge in [0.2, 0.25) is 5.91 Å². The maximum Gasteiger partial charge on any atom is 0.329 e. The van der Waals surface area contributed by atoms with Crippen LogP contribution in [0.4, 0.5) is 0 Å². The first-order valence-electron chi connectivity index (χ1n) is 7.63. The fourth-order valence-electron chi connectivity index (χ4n) is 2.63. The molecule has 7 heteroatoms. The molecule has 0 aliphatic heterocycles. The number of amides is 1. The number of hydrogen-bond acceptors (Lipinski definition) is 4. The van der Waals surface area contributed by atoms with Crippen LogP contribution in [0.15, 0.2) is 34.1 Å². The van der Waals surface area contributed by atoms with E-state index >= 15 is 0 Å². The van der Waals surface area contributed by atoms with E-state index in [4.69, 9.17) is 0 Å². The van der Waals surface area contributed by atoms with Gasteiger partial charge in [-0.3, -0.25) is 4.79 Å². The van der Waals surface area contributed by atoms with Crippen LogP contribution in [0.3, 0.4) is 0 Å². The molecule has 1 saturated carbocycles. The smallest absolute Gasteiger partial charge is 0.329 e. The van der Waals surface area contributed by atoms with Crippen LogP contribution in [0.5, 0.6) is 0 Å². The molecule has 0 radical (unpaired) electrons. The van der Waals surface area contributed by atoms with Crippen LogP contribution in [0.1, 0.15) is 25.5 Å². The summed E-state index contributed by atoms with van der Waals surface area (Å²) in [5, 5.41) is 14.8. The highest BCUT2D eigenvalue weighted by molar-refractivity contribution is 9.10. The van der Waals surface area contributed by atoms with Crippen LogP contribution in [0.25, 0.3) is 10.6 Å². The number of thiazole rings is 1. The van der Waals surface area contributed by atoms with Crippen molar-refractivity contribution in [3.05, 3.63) is 39.8 Å². The summed E-state index contributed by atoms with van der Waals surface area (Å²) in [6.07, 6.45) is 1.76. The summed E-state index contributed by atoms with van der Waals surface area (Å²) < 4.78 is 0.969. The fourth-order valence-corrected chi connectivity index (χ4v) is 3.85. The Morgan fingerprint density at radius 3 is 2.83 bits per heavy atom. The molecular weight excluding hydrogens is 392 g/mol. The number of aliphatic carboxylic acids is 1. The number of carbonyl (C=O) groups is 2. The van der Waals surface area contributed by atoms with Gasteiger partial charge in [0, 0.05) is 15.4 Å². The highest BCUT2D eigenvalue weighted by Gasteiger charge is 2.48. The first-order valence-corrected chi connectivity index (χ1v) is 9.30. The Morgan fingerprint density at radius 1 is 1.46 bits per heavy atom. The Hall–Kier alpha value is -1.73. The number of aromatic nitrogens is 1. The monoisotopic (exact) mass is 408 g/mol. The van der Waals surface area contributed by atoms with Crippen LogP contribution in [-0.2, 0) is 16.0 Å².